The summed E-state index contributed by atoms with van der Waals surface area (Å²) < 4.78 is 18.7. The Hall–Kier alpha value is -0.640. The molecule has 1 heterocycles. The second-order valence-corrected chi connectivity index (χ2v) is 5.34. The van der Waals surface area contributed by atoms with E-state index in [1.165, 1.54) is 12.5 Å². The van der Waals surface area contributed by atoms with Gasteiger partial charge in [0, 0.05) is 12.6 Å². The quantitative estimate of drug-likeness (QED) is 0.912. The molecule has 0 aromatic heterocycles. The lowest BCUT2D eigenvalue weighted by Crippen LogP contribution is -2.31. The van der Waals surface area contributed by atoms with E-state index >= 15 is 0 Å². The van der Waals surface area contributed by atoms with E-state index in [2.05, 4.69) is 0 Å². The largest absolute Gasteiger partial charge is 0.378 e. The minimum absolute atomic E-state index is 0.0367. The molecule has 100 valence electrons. The summed E-state index contributed by atoms with van der Waals surface area (Å²) in [5, 5.41) is 0.161. The second-order valence-electron chi connectivity index (χ2n) is 4.94. The van der Waals surface area contributed by atoms with Gasteiger partial charge in [-0.25, -0.2) is 4.39 Å². The molecule has 2 rings (SSSR count). The van der Waals surface area contributed by atoms with Crippen molar-refractivity contribution >= 4 is 11.6 Å². The van der Waals surface area contributed by atoms with Gasteiger partial charge in [-0.05, 0) is 49.8 Å². The van der Waals surface area contributed by atoms with E-state index in [0.29, 0.717) is 6.42 Å². The lowest BCUT2D eigenvalue weighted by molar-refractivity contribution is 0.00747. The van der Waals surface area contributed by atoms with Crippen LogP contribution in [0, 0.1) is 5.82 Å². The fourth-order valence-electron chi connectivity index (χ4n) is 2.38. The van der Waals surface area contributed by atoms with E-state index < -0.39 is 0 Å². The topological polar surface area (TPSA) is 35.2 Å². The predicted molar refractivity (Wildman–Crippen MR) is 71.3 cm³/mol. The number of rotatable bonds is 4. The monoisotopic (exact) mass is 271 g/mol. The lowest BCUT2D eigenvalue weighted by Gasteiger charge is -2.25. The first-order chi connectivity index (χ1) is 8.65. The molecule has 2 nitrogen and oxygen atoms in total. The maximum Gasteiger partial charge on any atom is 0.141 e. The van der Waals surface area contributed by atoms with Crippen LogP contribution in [0.15, 0.2) is 18.2 Å². The molecule has 1 fully saturated rings. The molecule has 0 radical (unpaired) electrons. The van der Waals surface area contributed by atoms with Gasteiger partial charge in [-0.2, -0.15) is 0 Å². The number of hydrogen-bond acceptors (Lipinski definition) is 2. The Morgan fingerprint density at radius 1 is 1.44 bits per heavy atom. The number of benzene rings is 1. The first-order valence-corrected chi connectivity index (χ1v) is 6.84. The standard InChI is InChI=1S/C14H19ClFNO/c15-13-8-10(4-5-14(13)16)7-11(17)9-12-3-1-2-6-18-12/h4-5,8,11-12H,1-3,6-7,9,17H2. The summed E-state index contributed by atoms with van der Waals surface area (Å²) in [7, 11) is 0. The van der Waals surface area contributed by atoms with Gasteiger partial charge in [0.25, 0.3) is 0 Å². The van der Waals surface area contributed by atoms with Crippen molar-refractivity contribution in [2.24, 2.45) is 5.73 Å². The van der Waals surface area contributed by atoms with Crippen molar-refractivity contribution in [1.82, 2.24) is 0 Å². The molecule has 2 N–H and O–H groups in total. The Morgan fingerprint density at radius 2 is 2.28 bits per heavy atom. The molecule has 1 aliphatic heterocycles. The van der Waals surface area contributed by atoms with Gasteiger partial charge in [-0.15, -0.1) is 0 Å². The minimum Gasteiger partial charge on any atom is -0.378 e. The maximum absolute atomic E-state index is 13.0. The zero-order valence-electron chi connectivity index (χ0n) is 10.4. The van der Waals surface area contributed by atoms with E-state index in [1.54, 1.807) is 12.1 Å². The Bertz CT molecular complexity index is 393. The van der Waals surface area contributed by atoms with Gasteiger partial charge in [0.05, 0.1) is 11.1 Å². The van der Waals surface area contributed by atoms with E-state index in [-0.39, 0.29) is 23.0 Å². The average molecular weight is 272 g/mol. The molecule has 0 aliphatic carbocycles. The zero-order valence-corrected chi connectivity index (χ0v) is 11.1. The second kappa shape index (κ2) is 6.50. The fraction of sp³-hybridized carbons (Fsp3) is 0.571. The van der Waals surface area contributed by atoms with Gasteiger partial charge in [-0.3, -0.25) is 0 Å². The third-order valence-electron chi connectivity index (χ3n) is 3.32. The lowest BCUT2D eigenvalue weighted by atomic mass is 9.97. The van der Waals surface area contributed by atoms with Crippen LogP contribution in [0.25, 0.3) is 0 Å². The number of hydrogen-bond donors (Lipinski definition) is 1. The molecule has 0 amide bonds. The van der Waals surface area contributed by atoms with Crippen molar-refractivity contribution < 1.29 is 9.13 Å². The van der Waals surface area contributed by atoms with Gasteiger partial charge in [0.1, 0.15) is 5.82 Å². The minimum atomic E-state index is -0.385. The third-order valence-corrected chi connectivity index (χ3v) is 3.61. The van der Waals surface area contributed by atoms with Crippen molar-refractivity contribution in [2.45, 2.75) is 44.2 Å². The molecule has 0 bridgehead atoms. The maximum atomic E-state index is 13.0. The smallest absolute Gasteiger partial charge is 0.141 e. The predicted octanol–water partition coefficient (Wildman–Crippen LogP) is 3.31. The molecular formula is C14H19ClFNO. The number of ether oxygens (including phenoxy) is 1. The summed E-state index contributed by atoms with van der Waals surface area (Å²) in [6.07, 6.45) is 5.32. The molecular weight excluding hydrogens is 253 g/mol. The van der Waals surface area contributed by atoms with Crippen molar-refractivity contribution in [3.8, 4) is 0 Å². The Morgan fingerprint density at radius 3 is 2.94 bits per heavy atom. The van der Waals surface area contributed by atoms with Gasteiger partial charge in [-0.1, -0.05) is 17.7 Å². The van der Waals surface area contributed by atoms with Crippen LogP contribution >= 0.6 is 11.6 Å². The van der Waals surface area contributed by atoms with Gasteiger partial charge < -0.3 is 10.5 Å². The highest BCUT2D eigenvalue weighted by atomic mass is 35.5. The Kier molecular flexibility index (Phi) is 4.98. The molecule has 1 aliphatic rings. The molecule has 1 saturated heterocycles. The normalized spacial score (nSPS) is 21.8. The van der Waals surface area contributed by atoms with Crippen LogP contribution < -0.4 is 5.73 Å². The van der Waals surface area contributed by atoms with Crippen LogP contribution in [0.5, 0.6) is 0 Å². The molecule has 2 atom stereocenters. The van der Waals surface area contributed by atoms with Crippen LogP contribution in [-0.2, 0) is 11.2 Å². The zero-order chi connectivity index (χ0) is 13.0. The summed E-state index contributed by atoms with van der Waals surface area (Å²) in [6, 6.07) is 4.82. The van der Waals surface area contributed by atoms with E-state index in [0.717, 1.165) is 31.4 Å². The molecule has 0 spiro atoms. The number of nitrogens with two attached hydrogens (primary N) is 1. The van der Waals surface area contributed by atoms with Crippen LogP contribution in [-0.4, -0.2) is 18.8 Å². The first-order valence-electron chi connectivity index (χ1n) is 6.46. The highest BCUT2D eigenvalue weighted by Crippen LogP contribution is 2.20. The van der Waals surface area contributed by atoms with Crippen molar-refractivity contribution in [3.05, 3.63) is 34.6 Å². The van der Waals surface area contributed by atoms with Crippen LogP contribution in [0.4, 0.5) is 4.39 Å². The van der Waals surface area contributed by atoms with E-state index in [9.17, 15) is 4.39 Å². The summed E-state index contributed by atoms with van der Waals surface area (Å²) >= 11 is 5.75. The fourth-order valence-corrected chi connectivity index (χ4v) is 2.59. The van der Waals surface area contributed by atoms with Gasteiger partial charge >= 0.3 is 0 Å². The first kappa shape index (κ1) is 13.8. The van der Waals surface area contributed by atoms with Gasteiger partial charge in [0.15, 0.2) is 0 Å². The van der Waals surface area contributed by atoms with Crippen LogP contribution in [0.1, 0.15) is 31.2 Å². The number of halogens is 2. The van der Waals surface area contributed by atoms with Crippen LogP contribution in [0.3, 0.4) is 0 Å². The summed E-state index contributed by atoms with van der Waals surface area (Å²) in [5.41, 5.74) is 7.08. The average Bonchev–Trinajstić information content (AvgIpc) is 2.35. The summed E-state index contributed by atoms with van der Waals surface area (Å²) in [6.45, 7) is 0.847. The highest BCUT2D eigenvalue weighted by molar-refractivity contribution is 6.30. The Balaban J connectivity index is 1.85. The van der Waals surface area contributed by atoms with Gasteiger partial charge in [0.2, 0.25) is 0 Å². The summed E-state index contributed by atoms with van der Waals surface area (Å²) in [5.74, 6) is -0.385. The van der Waals surface area contributed by atoms with Crippen molar-refractivity contribution in [2.75, 3.05) is 6.61 Å². The van der Waals surface area contributed by atoms with E-state index in [1.807, 2.05) is 0 Å². The molecule has 1 aromatic carbocycles. The van der Waals surface area contributed by atoms with Crippen molar-refractivity contribution in [1.29, 1.82) is 0 Å². The van der Waals surface area contributed by atoms with Crippen LogP contribution in [0.2, 0.25) is 5.02 Å². The van der Waals surface area contributed by atoms with Crippen molar-refractivity contribution in [3.63, 3.8) is 0 Å². The molecule has 18 heavy (non-hydrogen) atoms. The Labute approximate surface area is 112 Å². The molecule has 1 aromatic rings. The highest BCUT2D eigenvalue weighted by Gasteiger charge is 2.17. The third kappa shape index (κ3) is 3.94. The van der Waals surface area contributed by atoms with E-state index in [4.69, 9.17) is 22.1 Å². The SMILES string of the molecule is NC(Cc1ccc(F)c(Cl)c1)CC1CCCCO1. The molecule has 2 unspecified atom stereocenters. The summed E-state index contributed by atoms with van der Waals surface area (Å²) in [4.78, 5) is 0. The molecule has 0 saturated carbocycles. The molecule has 4 heteroatoms.